The van der Waals surface area contributed by atoms with Gasteiger partial charge in [-0.15, -0.1) is 0 Å². The van der Waals surface area contributed by atoms with Crippen molar-refractivity contribution in [3.8, 4) is 11.8 Å². The molecule has 0 spiro atoms. The summed E-state index contributed by atoms with van der Waals surface area (Å²) in [4.78, 5) is 14.5. The minimum Gasteiger partial charge on any atom is -0.476 e. The molecule has 332 valence electrons. The Morgan fingerprint density at radius 3 is 2.00 bits per heavy atom. The molecule has 6 aliphatic heterocycles. The van der Waals surface area contributed by atoms with Crippen LogP contribution in [0.25, 0.3) is 0 Å². The molecule has 0 aromatic carbocycles. The molecule has 0 radical (unpaired) electrons. The van der Waals surface area contributed by atoms with E-state index in [2.05, 4.69) is 36.4 Å². The molecule has 11 rings (SSSR count). The molecule has 8 heterocycles. The summed E-state index contributed by atoms with van der Waals surface area (Å²) in [5, 5.41) is -0.822. The second-order valence-electron chi connectivity index (χ2n) is 18.9. The molecule has 16 heteroatoms. The highest BCUT2D eigenvalue weighted by atomic mass is 32.2. The molecular formula is C44H66N6O8S2. The topological polar surface area (TPSA) is 162 Å². The molecule has 2 saturated heterocycles. The maximum atomic E-state index is 13.7. The third-order valence-corrected chi connectivity index (χ3v) is 18.5. The number of pyridine rings is 2. The van der Waals surface area contributed by atoms with Crippen LogP contribution in [0.4, 0.5) is 0 Å². The van der Waals surface area contributed by atoms with Gasteiger partial charge in [0.15, 0.2) is 0 Å². The standard InChI is InChI=1S/C44H66N6O8S2/c1-29(2)59(51,52)47-39-6-4-18-49-19-21-56-44-38(31-9-13-35(14-10-31)57-27-41(39)49)23-32(25-46-44)33-24-40(48-60(53,54)36-15-16-36)42-28-58-34-11-7-30(8-12-34)37-5-3-17-45-43(37)55-22-20-50(42)26-33/h3,5,17,23,25,29-31,33-36,39-42,47-48H,4,6-16,18-22,24,26-28H2,1-2H3/t30?,31?,33?,34?,35?,39?,40-,41-,42-/m0/s1. The van der Waals surface area contributed by atoms with E-state index in [1.807, 2.05) is 12.3 Å². The molecular weight excluding hydrogens is 805 g/mol. The van der Waals surface area contributed by atoms with Gasteiger partial charge >= 0.3 is 0 Å². The number of ether oxygens (including phenoxy) is 4. The highest BCUT2D eigenvalue weighted by molar-refractivity contribution is 7.90. The molecule has 4 bridgehead atoms. The minimum atomic E-state index is -3.48. The number of aromatic nitrogens is 2. The Balaban J connectivity index is 0.976. The summed E-state index contributed by atoms with van der Waals surface area (Å²) in [6, 6.07) is 5.70. The summed E-state index contributed by atoms with van der Waals surface area (Å²) in [6.07, 6.45) is 15.4. The fraction of sp³-hybridized carbons (Fsp3) is 0.773. The molecule has 5 fully saturated rings. The Kier molecular flexibility index (Phi) is 13.1. The van der Waals surface area contributed by atoms with Gasteiger partial charge in [0.25, 0.3) is 0 Å². The van der Waals surface area contributed by atoms with E-state index < -0.39 is 25.3 Å². The maximum absolute atomic E-state index is 13.7. The molecule has 2 N–H and O–H groups in total. The first-order valence-electron chi connectivity index (χ1n) is 22.9. The van der Waals surface area contributed by atoms with Crippen molar-refractivity contribution in [1.29, 1.82) is 0 Å². The maximum Gasteiger partial charge on any atom is 0.216 e. The van der Waals surface area contributed by atoms with Crippen molar-refractivity contribution in [2.45, 2.75) is 162 Å². The van der Waals surface area contributed by atoms with E-state index in [-0.39, 0.29) is 53.5 Å². The summed E-state index contributed by atoms with van der Waals surface area (Å²) in [5.74, 6) is 2.06. The zero-order valence-electron chi connectivity index (χ0n) is 35.5. The van der Waals surface area contributed by atoms with Gasteiger partial charge in [-0.2, -0.15) is 0 Å². The first-order valence-corrected chi connectivity index (χ1v) is 26.0. The van der Waals surface area contributed by atoms with Gasteiger partial charge in [-0.3, -0.25) is 9.80 Å². The van der Waals surface area contributed by atoms with E-state index in [1.165, 1.54) is 5.56 Å². The van der Waals surface area contributed by atoms with Crippen molar-refractivity contribution in [2.75, 3.05) is 52.6 Å². The van der Waals surface area contributed by atoms with Gasteiger partial charge in [-0.1, -0.05) is 6.07 Å². The number of nitrogens with zero attached hydrogens (tertiary/aromatic N) is 4. The highest BCUT2D eigenvalue weighted by Gasteiger charge is 2.44. The van der Waals surface area contributed by atoms with Crippen LogP contribution in [0.5, 0.6) is 11.8 Å². The molecule has 2 aromatic rings. The predicted molar refractivity (Wildman–Crippen MR) is 229 cm³/mol. The lowest BCUT2D eigenvalue weighted by Gasteiger charge is -2.45. The summed E-state index contributed by atoms with van der Waals surface area (Å²) in [7, 11) is -6.92. The lowest BCUT2D eigenvalue weighted by molar-refractivity contribution is -0.0316. The van der Waals surface area contributed by atoms with E-state index in [0.29, 0.717) is 76.5 Å². The third kappa shape index (κ3) is 9.70. The number of piperidine rings is 2. The van der Waals surface area contributed by atoms with Crippen LogP contribution < -0.4 is 18.9 Å². The van der Waals surface area contributed by atoms with Gasteiger partial charge < -0.3 is 18.9 Å². The van der Waals surface area contributed by atoms with Crippen LogP contribution in [0.3, 0.4) is 0 Å². The smallest absolute Gasteiger partial charge is 0.216 e. The number of fused-ring (bicyclic) bond motifs is 10. The average molecular weight is 871 g/mol. The van der Waals surface area contributed by atoms with Gasteiger partial charge in [-0.05, 0) is 139 Å². The van der Waals surface area contributed by atoms with Crippen molar-refractivity contribution >= 4 is 20.0 Å². The van der Waals surface area contributed by atoms with E-state index >= 15 is 0 Å². The van der Waals surface area contributed by atoms with Crippen molar-refractivity contribution in [2.24, 2.45) is 0 Å². The van der Waals surface area contributed by atoms with Gasteiger partial charge in [-0.25, -0.2) is 36.2 Å². The van der Waals surface area contributed by atoms with Crippen molar-refractivity contribution in [3.63, 3.8) is 0 Å². The van der Waals surface area contributed by atoms with Crippen LogP contribution in [0.2, 0.25) is 0 Å². The second-order valence-corrected chi connectivity index (χ2v) is 23.2. The number of hydrogen-bond acceptors (Lipinski definition) is 12. The van der Waals surface area contributed by atoms with Gasteiger partial charge in [0.2, 0.25) is 31.8 Å². The zero-order valence-corrected chi connectivity index (χ0v) is 37.1. The fourth-order valence-electron chi connectivity index (χ4n) is 10.9. The Morgan fingerprint density at radius 1 is 0.700 bits per heavy atom. The molecule has 3 saturated carbocycles. The number of sulfonamides is 2. The second kappa shape index (κ2) is 18.3. The van der Waals surface area contributed by atoms with Crippen LogP contribution in [0, 0.1) is 0 Å². The summed E-state index contributed by atoms with van der Waals surface area (Å²) in [5.41, 5.74) is 3.40. The molecule has 5 atom stereocenters. The Hall–Kier alpha value is -2.44. The molecule has 3 aliphatic carbocycles. The molecule has 0 amide bonds. The normalized spacial score (nSPS) is 33.8. The molecule has 2 aromatic heterocycles. The van der Waals surface area contributed by atoms with Crippen LogP contribution in [0.15, 0.2) is 30.6 Å². The fourth-order valence-corrected chi connectivity index (χ4v) is 13.5. The molecule has 60 heavy (non-hydrogen) atoms. The minimum absolute atomic E-state index is 0.0211. The summed E-state index contributed by atoms with van der Waals surface area (Å²) >= 11 is 0. The van der Waals surface area contributed by atoms with E-state index in [0.717, 1.165) is 88.4 Å². The van der Waals surface area contributed by atoms with Crippen LogP contribution in [0.1, 0.15) is 132 Å². The SMILES string of the molecule is CC(C)S(=O)(=O)NC1CCCN2CCOc3ncc(C4C[C@H](NS(=O)(=O)C5CC5)[C@@H]5COC6CCC(CC6)c6cccnc6OCCN5C4)cc3C3CCC(CC3)OC[C@@H]12. The van der Waals surface area contributed by atoms with Crippen LogP contribution >= 0.6 is 0 Å². The number of nitrogens with one attached hydrogen (secondary N) is 2. The lowest BCUT2D eigenvalue weighted by Crippen LogP contribution is -2.60. The van der Waals surface area contributed by atoms with Gasteiger partial charge in [0.1, 0.15) is 13.2 Å². The first-order chi connectivity index (χ1) is 29.0. The third-order valence-electron chi connectivity index (χ3n) is 14.7. The molecule has 9 aliphatic rings. The largest absolute Gasteiger partial charge is 0.476 e. The van der Waals surface area contributed by atoms with Crippen molar-refractivity contribution in [1.82, 2.24) is 29.2 Å². The van der Waals surface area contributed by atoms with E-state index in [1.54, 1.807) is 20.0 Å². The Labute approximate surface area is 357 Å². The summed E-state index contributed by atoms with van der Waals surface area (Å²) < 4.78 is 85.9. The quantitative estimate of drug-likeness (QED) is 0.391. The van der Waals surface area contributed by atoms with E-state index in [9.17, 15) is 16.8 Å². The van der Waals surface area contributed by atoms with Crippen LogP contribution in [-0.2, 0) is 29.5 Å². The van der Waals surface area contributed by atoms with Crippen LogP contribution in [-0.4, -0.2) is 136 Å². The predicted octanol–water partition coefficient (Wildman–Crippen LogP) is 4.82. The van der Waals surface area contributed by atoms with Crippen molar-refractivity contribution < 1.29 is 35.8 Å². The lowest BCUT2D eigenvalue weighted by atomic mass is 9.80. The Bertz CT molecular complexity index is 2000. The number of hydrogen-bond donors (Lipinski definition) is 2. The molecule has 2 unspecified atom stereocenters. The highest BCUT2D eigenvalue weighted by Crippen LogP contribution is 2.42. The average Bonchev–Trinajstić information content (AvgIpc) is 4.10. The zero-order chi connectivity index (χ0) is 41.4. The van der Waals surface area contributed by atoms with E-state index in [4.69, 9.17) is 23.9 Å². The first kappa shape index (κ1) is 42.8. The van der Waals surface area contributed by atoms with Gasteiger partial charge in [0.05, 0.1) is 35.9 Å². The monoisotopic (exact) mass is 870 g/mol. The number of rotatable bonds is 7. The van der Waals surface area contributed by atoms with Crippen molar-refractivity contribution in [3.05, 3.63) is 47.3 Å². The summed E-state index contributed by atoms with van der Waals surface area (Å²) in [6.45, 7) is 8.09. The molecule has 14 nitrogen and oxygen atoms in total. The van der Waals surface area contributed by atoms with Gasteiger partial charge in [0, 0.05) is 67.3 Å². The Morgan fingerprint density at radius 2 is 1.33 bits per heavy atom.